The largest absolute Gasteiger partial charge is 0.461 e. The fourth-order valence-electron chi connectivity index (χ4n) is 4.21. The van der Waals surface area contributed by atoms with Crippen LogP contribution in [-0.4, -0.2) is 44.2 Å². The Hall–Kier alpha value is -0.910. The molecule has 0 radical (unpaired) electrons. The monoisotopic (exact) mass is 282 g/mol. The van der Waals surface area contributed by atoms with Crippen molar-refractivity contribution >= 4 is 5.97 Å². The van der Waals surface area contributed by atoms with Crippen LogP contribution in [0.15, 0.2) is 12.2 Å². The first-order valence-corrected chi connectivity index (χ1v) is 7.18. The molecule has 0 aromatic carbocycles. The minimum atomic E-state index is -1.58. The van der Waals surface area contributed by atoms with E-state index in [9.17, 15) is 20.1 Å². The molecule has 3 aliphatic rings. The second kappa shape index (κ2) is 3.84. The van der Waals surface area contributed by atoms with E-state index in [-0.39, 0.29) is 17.8 Å². The number of carbonyl (C=O) groups is 1. The Labute approximate surface area is 118 Å². The molecular weight excluding hydrogens is 260 g/mol. The summed E-state index contributed by atoms with van der Waals surface area (Å²) < 4.78 is 5.46. The minimum absolute atomic E-state index is 0.0839. The molecular formula is C15H22O5. The first kappa shape index (κ1) is 14.0. The van der Waals surface area contributed by atoms with Gasteiger partial charge in [-0.15, -0.1) is 0 Å². The molecule has 0 aromatic rings. The van der Waals surface area contributed by atoms with Gasteiger partial charge in [-0.3, -0.25) is 4.79 Å². The normalized spacial score (nSPS) is 58.0. The lowest BCUT2D eigenvalue weighted by atomic mass is 9.70. The van der Waals surface area contributed by atoms with Crippen LogP contribution in [-0.2, 0) is 9.53 Å². The maximum Gasteiger partial charge on any atom is 0.309 e. The van der Waals surface area contributed by atoms with Gasteiger partial charge in [0, 0.05) is 5.92 Å². The van der Waals surface area contributed by atoms with Crippen molar-refractivity contribution in [2.75, 3.05) is 0 Å². The lowest BCUT2D eigenvalue weighted by molar-refractivity contribution is -0.189. The van der Waals surface area contributed by atoms with E-state index in [4.69, 9.17) is 4.74 Å². The van der Waals surface area contributed by atoms with Crippen molar-refractivity contribution in [1.29, 1.82) is 0 Å². The Morgan fingerprint density at radius 2 is 1.90 bits per heavy atom. The maximum absolute atomic E-state index is 11.8. The molecule has 0 aromatic heterocycles. The fraction of sp³-hybridized carbons (Fsp3) is 0.800. The van der Waals surface area contributed by atoms with Crippen LogP contribution in [0.4, 0.5) is 0 Å². The summed E-state index contributed by atoms with van der Waals surface area (Å²) in [5, 5.41) is 32.2. The zero-order valence-electron chi connectivity index (χ0n) is 12.0. The zero-order chi connectivity index (χ0) is 14.9. The Morgan fingerprint density at radius 1 is 1.25 bits per heavy atom. The first-order chi connectivity index (χ1) is 9.10. The summed E-state index contributed by atoms with van der Waals surface area (Å²) in [7, 11) is 0. The lowest BCUT2D eigenvalue weighted by Crippen LogP contribution is -2.60. The van der Waals surface area contributed by atoms with Crippen molar-refractivity contribution in [2.24, 2.45) is 17.8 Å². The van der Waals surface area contributed by atoms with E-state index in [0.29, 0.717) is 12.8 Å². The molecule has 0 unspecified atom stereocenters. The summed E-state index contributed by atoms with van der Waals surface area (Å²) in [6.07, 6.45) is 3.36. The summed E-state index contributed by atoms with van der Waals surface area (Å²) in [5.41, 5.74) is -4.25. The van der Waals surface area contributed by atoms with Gasteiger partial charge in [-0.2, -0.15) is 0 Å². The van der Waals surface area contributed by atoms with Crippen molar-refractivity contribution in [1.82, 2.24) is 0 Å². The van der Waals surface area contributed by atoms with Crippen molar-refractivity contribution in [2.45, 2.75) is 56.5 Å². The molecule has 1 saturated carbocycles. The Kier molecular flexibility index (Phi) is 2.70. The van der Waals surface area contributed by atoms with Crippen LogP contribution >= 0.6 is 0 Å². The molecule has 1 heterocycles. The minimum Gasteiger partial charge on any atom is -0.461 e. The van der Waals surface area contributed by atoms with Crippen LogP contribution in [0.5, 0.6) is 0 Å². The molecule has 1 saturated heterocycles. The number of ether oxygens (including phenoxy) is 1. The van der Waals surface area contributed by atoms with Crippen LogP contribution in [0.3, 0.4) is 0 Å². The van der Waals surface area contributed by atoms with Gasteiger partial charge in [0.05, 0.1) is 23.0 Å². The number of carbonyl (C=O) groups excluding carboxylic acids is 1. The molecule has 3 N–H and O–H groups in total. The van der Waals surface area contributed by atoms with E-state index in [1.807, 2.05) is 6.92 Å². The highest BCUT2D eigenvalue weighted by atomic mass is 16.6. The van der Waals surface area contributed by atoms with E-state index in [2.05, 4.69) is 0 Å². The SMILES string of the molecule is C[C@@H]1C(=O)O[C@H]2[C@H]1CC[C@@](C)(O)[C@]1(O)C=C[C@@](C)(O)[C@H]21. The summed E-state index contributed by atoms with van der Waals surface area (Å²) in [5.74, 6) is -1.38. The van der Waals surface area contributed by atoms with E-state index < -0.39 is 28.8 Å². The zero-order valence-corrected chi connectivity index (χ0v) is 12.0. The van der Waals surface area contributed by atoms with Crippen molar-refractivity contribution < 1.29 is 24.9 Å². The third kappa shape index (κ3) is 1.57. The Morgan fingerprint density at radius 3 is 2.55 bits per heavy atom. The lowest BCUT2D eigenvalue weighted by Gasteiger charge is -2.44. The number of rotatable bonds is 0. The molecule has 112 valence electrons. The topological polar surface area (TPSA) is 87.0 Å². The highest BCUT2D eigenvalue weighted by molar-refractivity contribution is 5.75. The van der Waals surface area contributed by atoms with Gasteiger partial charge in [0.2, 0.25) is 0 Å². The summed E-state index contributed by atoms with van der Waals surface area (Å²) in [4.78, 5) is 11.8. The number of hydrogen-bond acceptors (Lipinski definition) is 5. The second-order valence-electron chi connectivity index (χ2n) is 7.03. The van der Waals surface area contributed by atoms with E-state index in [1.54, 1.807) is 13.8 Å². The molecule has 2 aliphatic carbocycles. The second-order valence-corrected chi connectivity index (χ2v) is 7.03. The van der Waals surface area contributed by atoms with Crippen molar-refractivity contribution in [3.8, 4) is 0 Å². The van der Waals surface area contributed by atoms with Gasteiger partial charge in [0.15, 0.2) is 0 Å². The molecule has 2 fully saturated rings. The van der Waals surface area contributed by atoms with E-state index in [1.165, 1.54) is 12.2 Å². The van der Waals surface area contributed by atoms with Gasteiger partial charge < -0.3 is 20.1 Å². The maximum atomic E-state index is 11.8. The molecule has 7 atom stereocenters. The highest BCUT2D eigenvalue weighted by Crippen LogP contribution is 2.55. The molecule has 0 bridgehead atoms. The first-order valence-electron chi connectivity index (χ1n) is 7.18. The van der Waals surface area contributed by atoms with Crippen molar-refractivity contribution in [3.05, 3.63) is 12.2 Å². The smallest absolute Gasteiger partial charge is 0.309 e. The predicted molar refractivity (Wildman–Crippen MR) is 70.6 cm³/mol. The predicted octanol–water partition coefficient (Wildman–Crippen LogP) is 0.377. The van der Waals surface area contributed by atoms with Gasteiger partial charge in [-0.05, 0) is 26.7 Å². The quantitative estimate of drug-likeness (QED) is 0.441. The van der Waals surface area contributed by atoms with Gasteiger partial charge >= 0.3 is 5.97 Å². The Balaban J connectivity index is 2.11. The highest BCUT2D eigenvalue weighted by Gasteiger charge is 2.66. The summed E-state index contributed by atoms with van der Waals surface area (Å²) in [6, 6.07) is 0. The Bertz CT molecular complexity index is 481. The van der Waals surface area contributed by atoms with Gasteiger partial charge in [0.1, 0.15) is 11.7 Å². The average Bonchev–Trinajstić information content (AvgIpc) is 2.70. The number of aliphatic hydroxyl groups is 3. The van der Waals surface area contributed by atoms with Gasteiger partial charge in [-0.1, -0.05) is 19.1 Å². The number of hydrogen-bond donors (Lipinski definition) is 3. The standard InChI is InChI=1S/C15H22O5/c1-8-9-4-5-14(3,18)15(19)7-6-13(2,17)11(15)10(9)20-12(8)16/h6-11,17-19H,4-5H2,1-3H3/t8-,9-,10-,11-,13+,14+,15-/m0/s1. The van der Waals surface area contributed by atoms with Crippen LogP contribution in [0.25, 0.3) is 0 Å². The van der Waals surface area contributed by atoms with E-state index >= 15 is 0 Å². The summed E-state index contributed by atoms with van der Waals surface area (Å²) in [6.45, 7) is 4.98. The van der Waals surface area contributed by atoms with Crippen LogP contribution < -0.4 is 0 Å². The molecule has 20 heavy (non-hydrogen) atoms. The molecule has 1 aliphatic heterocycles. The van der Waals surface area contributed by atoms with Crippen molar-refractivity contribution in [3.63, 3.8) is 0 Å². The molecule has 5 nitrogen and oxygen atoms in total. The fourth-order valence-corrected chi connectivity index (χ4v) is 4.21. The van der Waals surface area contributed by atoms with Crippen LogP contribution in [0.1, 0.15) is 33.6 Å². The molecule has 0 spiro atoms. The van der Waals surface area contributed by atoms with Crippen LogP contribution in [0.2, 0.25) is 0 Å². The van der Waals surface area contributed by atoms with Crippen LogP contribution in [0, 0.1) is 17.8 Å². The van der Waals surface area contributed by atoms with Gasteiger partial charge in [0.25, 0.3) is 0 Å². The number of fused-ring (bicyclic) bond motifs is 3. The molecule has 3 rings (SSSR count). The average molecular weight is 282 g/mol. The molecule has 5 heteroatoms. The van der Waals surface area contributed by atoms with E-state index in [0.717, 1.165) is 0 Å². The number of esters is 1. The molecule has 0 amide bonds. The third-order valence-electron chi connectivity index (χ3n) is 5.62. The van der Waals surface area contributed by atoms with Gasteiger partial charge in [-0.25, -0.2) is 0 Å². The summed E-state index contributed by atoms with van der Waals surface area (Å²) >= 11 is 0. The third-order valence-corrected chi connectivity index (χ3v) is 5.62.